The van der Waals surface area contributed by atoms with Crippen LogP contribution in [0.1, 0.15) is 29.6 Å². The molecule has 3 aromatic carbocycles. The lowest BCUT2D eigenvalue weighted by Crippen LogP contribution is -2.30. The van der Waals surface area contributed by atoms with E-state index in [1.807, 2.05) is 24.3 Å². The van der Waals surface area contributed by atoms with E-state index in [1.165, 1.54) is 24.6 Å². The van der Waals surface area contributed by atoms with Crippen LogP contribution in [0.4, 0.5) is 17.1 Å². The van der Waals surface area contributed by atoms with Gasteiger partial charge in [-0.2, -0.15) is 0 Å². The largest absolute Gasteiger partial charge is 0.370 e. The van der Waals surface area contributed by atoms with E-state index in [1.54, 1.807) is 24.3 Å². The highest BCUT2D eigenvalue weighted by molar-refractivity contribution is 7.92. The first kappa shape index (κ1) is 22.7. The first-order chi connectivity index (χ1) is 16.9. The van der Waals surface area contributed by atoms with E-state index in [9.17, 15) is 18.0 Å². The Hall–Kier alpha value is -4.05. The Kier molecular flexibility index (Phi) is 6.04. The molecule has 4 N–H and O–H groups in total. The molecule has 1 aromatic heterocycles. The SMILES string of the molecule is O=C(Nc1ccccc1N1CCCCC1)c1ccc(NS(=O)(=O)c2ccc3[nH]c(=O)[nH]c3c2)cc1. The Balaban J connectivity index is 1.30. The summed E-state index contributed by atoms with van der Waals surface area (Å²) in [5, 5.41) is 2.99. The van der Waals surface area contributed by atoms with Gasteiger partial charge < -0.3 is 20.2 Å². The van der Waals surface area contributed by atoms with Crippen molar-refractivity contribution >= 4 is 44.0 Å². The average Bonchev–Trinajstić information content (AvgIpc) is 3.24. The molecular weight excluding hydrogens is 466 g/mol. The van der Waals surface area contributed by atoms with Crippen molar-refractivity contribution in [3.05, 3.63) is 82.8 Å². The van der Waals surface area contributed by atoms with Crippen molar-refractivity contribution in [2.75, 3.05) is 28.0 Å². The quantitative estimate of drug-likeness (QED) is 0.325. The second kappa shape index (κ2) is 9.30. The Morgan fingerprint density at radius 1 is 0.857 bits per heavy atom. The zero-order valence-corrected chi connectivity index (χ0v) is 19.7. The molecule has 9 nitrogen and oxygen atoms in total. The van der Waals surface area contributed by atoms with Gasteiger partial charge in [0.25, 0.3) is 15.9 Å². The van der Waals surface area contributed by atoms with E-state index >= 15 is 0 Å². The number of nitrogens with one attached hydrogen (secondary N) is 4. The van der Waals surface area contributed by atoms with Gasteiger partial charge in [-0.05, 0) is 73.9 Å². The number of carbonyl (C=O) groups is 1. The molecule has 0 unspecified atom stereocenters. The number of rotatable bonds is 6. The van der Waals surface area contributed by atoms with Crippen molar-refractivity contribution in [2.24, 2.45) is 0 Å². The van der Waals surface area contributed by atoms with Gasteiger partial charge in [0.2, 0.25) is 0 Å². The summed E-state index contributed by atoms with van der Waals surface area (Å²) in [5.74, 6) is -0.272. The number of H-pyrrole nitrogens is 2. The van der Waals surface area contributed by atoms with Gasteiger partial charge in [0, 0.05) is 24.3 Å². The van der Waals surface area contributed by atoms with Gasteiger partial charge in [-0.1, -0.05) is 12.1 Å². The number of sulfonamides is 1. The second-order valence-corrected chi connectivity index (χ2v) is 10.2. The fraction of sp³-hybridized carbons (Fsp3) is 0.200. The molecule has 0 radical (unpaired) electrons. The van der Waals surface area contributed by atoms with Crippen molar-refractivity contribution in [3.63, 3.8) is 0 Å². The summed E-state index contributed by atoms with van der Waals surface area (Å²) in [6.45, 7) is 1.93. The van der Waals surface area contributed by atoms with E-state index < -0.39 is 15.7 Å². The van der Waals surface area contributed by atoms with E-state index in [-0.39, 0.29) is 10.8 Å². The van der Waals surface area contributed by atoms with E-state index in [0.717, 1.165) is 37.3 Å². The maximum Gasteiger partial charge on any atom is 0.323 e. The van der Waals surface area contributed by atoms with Gasteiger partial charge in [-0.3, -0.25) is 9.52 Å². The summed E-state index contributed by atoms with van der Waals surface area (Å²) in [4.78, 5) is 31.7. The minimum absolute atomic E-state index is 0.0105. The highest BCUT2D eigenvalue weighted by Gasteiger charge is 2.18. The van der Waals surface area contributed by atoms with Crippen molar-refractivity contribution < 1.29 is 13.2 Å². The first-order valence-electron chi connectivity index (χ1n) is 11.4. The molecule has 0 saturated carbocycles. The number of anilines is 3. The van der Waals surface area contributed by atoms with Gasteiger partial charge >= 0.3 is 5.69 Å². The number of hydrogen-bond donors (Lipinski definition) is 4. The number of nitrogens with zero attached hydrogens (tertiary/aromatic N) is 1. The molecule has 2 heterocycles. The lowest BCUT2D eigenvalue weighted by atomic mass is 10.1. The molecule has 1 amide bonds. The van der Waals surface area contributed by atoms with Gasteiger partial charge in [-0.25, -0.2) is 13.2 Å². The number of aromatic nitrogens is 2. The molecule has 0 aliphatic carbocycles. The summed E-state index contributed by atoms with van der Waals surface area (Å²) in [6, 6.07) is 18.3. The normalized spacial score (nSPS) is 14.1. The first-order valence-corrected chi connectivity index (χ1v) is 12.9. The molecule has 1 aliphatic rings. The molecular formula is C25H25N5O4S. The van der Waals surface area contributed by atoms with Gasteiger partial charge in [0.1, 0.15) is 0 Å². The fourth-order valence-corrected chi connectivity index (χ4v) is 5.35. The van der Waals surface area contributed by atoms with Crippen LogP contribution in [0.5, 0.6) is 0 Å². The zero-order chi connectivity index (χ0) is 24.4. The highest BCUT2D eigenvalue weighted by atomic mass is 32.2. The number of para-hydroxylation sites is 2. The van der Waals surface area contributed by atoms with Crippen molar-refractivity contribution in [1.29, 1.82) is 0 Å². The standard InChI is InChI=1S/C25H25N5O4S/c31-24(26-21-6-2-3-7-23(21)30-14-4-1-5-15-30)17-8-10-18(11-9-17)29-35(33,34)19-12-13-20-22(16-19)28-25(32)27-20/h2-3,6-13,16,29H,1,4-5,14-15H2,(H,26,31)(H2,27,28,32). The van der Waals surface area contributed by atoms with Crippen LogP contribution in [0.15, 0.2) is 76.4 Å². The van der Waals surface area contributed by atoms with Crippen LogP contribution in [-0.4, -0.2) is 37.4 Å². The third-order valence-electron chi connectivity index (χ3n) is 6.05. The average molecular weight is 492 g/mol. The predicted octanol–water partition coefficient (Wildman–Crippen LogP) is 3.90. The van der Waals surface area contributed by atoms with Crippen LogP contribution in [0.3, 0.4) is 0 Å². The number of carbonyl (C=O) groups excluding carboxylic acids is 1. The number of piperidine rings is 1. The van der Waals surface area contributed by atoms with Gasteiger partial charge in [-0.15, -0.1) is 0 Å². The highest BCUT2D eigenvalue weighted by Crippen LogP contribution is 2.29. The predicted molar refractivity (Wildman–Crippen MR) is 137 cm³/mol. The minimum atomic E-state index is -3.89. The monoisotopic (exact) mass is 491 g/mol. The maximum atomic E-state index is 12.9. The van der Waals surface area contributed by atoms with Crippen LogP contribution in [0.25, 0.3) is 11.0 Å². The Labute approximate surface area is 202 Å². The van der Waals surface area contributed by atoms with Crippen LogP contribution < -0.4 is 20.6 Å². The van der Waals surface area contributed by atoms with Gasteiger partial charge in [0.05, 0.1) is 27.3 Å². The Morgan fingerprint density at radius 2 is 1.57 bits per heavy atom. The number of hydrogen-bond acceptors (Lipinski definition) is 5. The summed E-state index contributed by atoms with van der Waals surface area (Å²) in [5.41, 5.74) is 2.99. The Morgan fingerprint density at radius 3 is 2.34 bits per heavy atom. The molecule has 1 aliphatic heterocycles. The number of imidazole rings is 1. The van der Waals surface area contributed by atoms with Crippen LogP contribution in [-0.2, 0) is 10.0 Å². The summed E-state index contributed by atoms with van der Waals surface area (Å²) in [6.07, 6.45) is 3.49. The fourth-order valence-electron chi connectivity index (χ4n) is 4.27. The molecule has 0 spiro atoms. The van der Waals surface area contributed by atoms with Crippen molar-refractivity contribution in [3.8, 4) is 0 Å². The lowest BCUT2D eigenvalue weighted by Gasteiger charge is -2.30. The number of benzene rings is 3. The van der Waals surface area contributed by atoms with E-state index in [2.05, 4.69) is 24.9 Å². The smallest absolute Gasteiger partial charge is 0.323 e. The summed E-state index contributed by atoms with van der Waals surface area (Å²) < 4.78 is 28.1. The molecule has 5 rings (SSSR count). The maximum absolute atomic E-state index is 12.9. The molecule has 1 fully saturated rings. The molecule has 180 valence electrons. The molecule has 1 saturated heterocycles. The zero-order valence-electron chi connectivity index (χ0n) is 18.9. The molecule has 35 heavy (non-hydrogen) atoms. The number of amides is 1. The summed E-state index contributed by atoms with van der Waals surface area (Å²) in [7, 11) is -3.89. The van der Waals surface area contributed by atoms with Crippen LogP contribution in [0.2, 0.25) is 0 Å². The van der Waals surface area contributed by atoms with E-state index in [0.29, 0.717) is 22.3 Å². The van der Waals surface area contributed by atoms with Crippen molar-refractivity contribution in [1.82, 2.24) is 9.97 Å². The Bertz CT molecular complexity index is 1530. The molecule has 0 atom stereocenters. The minimum Gasteiger partial charge on any atom is -0.370 e. The number of fused-ring (bicyclic) bond motifs is 1. The summed E-state index contributed by atoms with van der Waals surface area (Å²) >= 11 is 0. The molecule has 10 heteroatoms. The third kappa shape index (κ3) is 4.92. The third-order valence-corrected chi connectivity index (χ3v) is 7.43. The number of aromatic amines is 2. The van der Waals surface area contributed by atoms with E-state index in [4.69, 9.17) is 0 Å². The van der Waals surface area contributed by atoms with Crippen LogP contribution in [0, 0.1) is 0 Å². The van der Waals surface area contributed by atoms with Crippen LogP contribution >= 0.6 is 0 Å². The van der Waals surface area contributed by atoms with Gasteiger partial charge in [0.15, 0.2) is 0 Å². The van der Waals surface area contributed by atoms with Crippen molar-refractivity contribution in [2.45, 2.75) is 24.2 Å². The topological polar surface area (TPSA) is 127 Å². The second-order valence-electron chi connectivity index (χ2n) is 8.49. The lowest BCUT2D eigenvalue weighted by molar-refractivity contribution is 0.102. The molecule has 0 bridgehead atoms. The molecule has 4 aromatic rings.